The third-order valence-electron chi connectivity index (χ3n) is 7.44. The summed E-state index contributed by atoms with van der Waals surface area (Å²) in [6, 6.07) is 6.13. The Bertz CT molecular complexity index is 893. The molecule has 2 unspecified atom stereocenters. The number of aliphatic hydroxyl groups is 1. The number of carbonyl (C=O) groups excluding carboxylic acids is 1. The maximum Gasteiger partial charge on any atom is 0.253 e. The van der Waals surface area contributed by atoms with Crippen molar-refractivity contribution in [1.82, 2.24) is 9.88 Å². The molecule has 0 bridgehead atoms. The van der Waals surface area contributed by atoms with Gasteiger partial charge in [-0.1, -0.05) is 6.07 Å². The number of carbonyl (C=O) groups is 1. The van der Waals surface area contributed by atoms with Crippen LogP contribution in [0.2, 0.25) is 0 Å². The van der Waals surface area contributed by atoms with Gasteiger partial charge in [-0.3, -0.25) is 4.79 Å². The molecule has 1 amide bonds. The molecule has 5 rings (SSSR count). The van der Waals surface area contributed by atoms with E-state index >= 15 is 0 Å². The number of nitrogens with one attached hydrogen (secondary N) is 1. The van der Waals surface area contributed by atoms with Gasteiger partial charge in [-0.15, -0.1) is 0 Å². The highest BCUT2D eigenvalue weighted by atomic mass is 16.5. The molecule has 2 aliphatic carbocycles. The smallest absolute Gasteiger partial charge is 0.253 e. The summed E-state index contributed by atoms with van der Waals surface area (Å²) in [7, 11) is 0. The molecule has 150 valence electrons. The van der Waals surface area contributed by atoms with Crippen LogP contribution in [0.25, 0.3) is 10.9 Å². The Morgan fingerprint density at radius 1 is 1.29 bits per heavy atom. The van der Waals surface area contributed by atoms with Gasteiger partial charge < -0.3 is 19.7 Å². The van der Waals surface area contributed by atoms with Crippen molar-refractivity contribution in [3.8, 4) is 0 Å². The van der Waals surface area contributed by atoms with Crippen molar-refractivity contribution in [3.63, 3.8) is 0 Å². The third-order valence-corrected chi connectivity index (χ3v) is 7.44. The topological polar surface area (TPSA) is 65.6 Å². The number of piperidine rings is 1. The van der Waals surface area contributed by atoms with E-state index in [0.717, 1.165) is 43.2 Å². The van der Waals surface area contributed by atoms with Crippen molar-refractivity contribution < 1.29 is 14.6 Å². The zero-order valence-corrected chi connectivity index (χ0v) is 16.7. The molecule has 5 nitrogen and oxygen atoms in total. The average molecular weight is 383 g/mol. The van der Waals surface area contributed by atoms with Crippen LogP contribution < -0.4 is 0 Å². The molecule has 1 saturated heterocycles. The zero-order valence-electron chi connectivity index (χ0n) is 16.7. The van der Waals surface area contributed by atoms with Crippen LogP contribution in [0.15, 0.2) is 18.2 Å². The summed E-state index contributed by atoms with van der Waals surface area (Å²) in [5.41, 5.74) is 4.51. The van der Waals surface area contributed by atoms with Crippen LogP contribution in [0.3, 0.4) is 0 Å². The molecule has 2 aromatic rings. The number of hydrogen-bond acceptors (Lipinski definition) is 3. The Labute approximate surface area is 166 Å². The lowest BCUT2D eigenvalue weighted by molar-refractivity contribution is -0.207. The summed E-state index contributed by atoms with van der Waals surface area (Å²) < 4.78 is 5.84. The largest absolute Gasteiger partial charge is 0.392 e. The predicted molar refractivity (Wildman–Crippen MR) is 109 cm³/mol. The number of aromatic nitrogens is 1. The fraction of sp³-hybridized carbons (Fsp3) is 0.609. The van der Waals surface area contributed by atoms with Gasteiger partial charge in [-0.2, -0.15) is 0 Å². The number of aliphatic hydroxyl groups excluding tert-OH is 1. The number of ether oxygens (including phenoxy) is 1. The van der Waals surface area contributed by atoms with E-state index in [0.29, 0.717) is 19.7 Å². The highest BCUT2D eigenvalue weighted by molar-refractivity contribution is 5.99. The first-order valence-corrected chi connectivity index (χ1v) is 10.8. The Morgan fingerprint density at radius 2 is 2.07 bits per heavy atom. The number of aryl methyl sites for hydroxylation is 2. The minimum atomic E-state index is -0.289. The number of nitrogens with zero attached hydrogens (tertiary/aromatic N) is 1. The Hall–Kier alpha value is -1.85. The molecular weight excluding hydrogens is 352 g/mol. The van der Waals surface area contributed by atoms with Crippen LogP contribution in [0.1, 0.15) is 60.6 Å². The second-order valence-corrected chi connectivity index (χ2v) is 8.77. The molecule has 0 radical (unpaired) electrons. The molecule has 1 spiro atoms. The molecule has 1 saturated carbocycles. The lowest BCUT2D eigenvalue weighted by Crippen LogP contribution is -2.62. The maximum atomic E-state index is 13.1. The molecule has 2 heterocycles. The Kier molecular flexibility index (Phi) is 4.48. The second-order valence-electron chi connectivity index (χ2n) is 8.77. The minimum absolute atomic E-state index is 0.103. The van der Waals surface area contributed by atoms with Crippen LogP contribution in [0.5, 0.6) is 0 Å². The summed E-state index contributed by atoms with van der Waals surface area (Å²) in [5.74, 6) is 0.103. The zero-order chi connectivity index (χ0) is 19.3. The number of amides is 1. The summed E-state index contributed by atoms with van der Waals surface area (Å²) in [6.45, 7) is 4.07. The molecule has 1 aromatic heterocycles. The molecular formula is C23H30N2O3. The lowest BCUT2D eigenvalue weighted by Gasteiger charge is -2.56. The van der Waals surface area contributed by atoms with Crippen LogP contribution in [0, 0.1) is 5.41 Å². The van der Waals surface area contributed by atoms with Crippen molar-refractivity contribution in [2.75, 3.05) is 19.7 Å². The highest BCUT2D eigenvalue weighted by Crippen LogP contribution is 2.51. The van der Waals surface area contributed by atoms with Gasteiger partial charge in [0, 0.05) is 53.7 Å². The average Bonchev–Trinajstić information content (AvgIpc) is 3.11. The van der Waals surface area contributed by atoms with E-state index in [1.807, 2.05) is 24.0 Å². The van der Waals surface area contributed by atoms with Crippen molar-refractivity contribution in [2.45, 2.75) is 64.1 Å². The molecule has 1 aliphatic heterocycles. The van der Waals surface area contributed by atoms with Gasteiger partial charge in [-0.25, -0.2) is 0 Å². The van der Waals surface area contributed by atoms with Gasteiger partial charge >= 0.3 is 0 Å². The standard InChI is InChI=1S/C23H30N2O3/c1-2-28-21-14-20(26)23(21)9-11-25(12-10-23)22(27)15-7-8-17-16-5-3-4-6-18(16)24-19(17)13-15/h7-8,13,20-21,24,26H,2-6,9-12,14H2,1H3. The first-order valence-electron chi connectivity index (χ1n) is 10.8. The van der Waals surface area contributed by atoms with Gasteiger partial charge in [0.2, 0.25) is 0 Å². The van der Waals surface area contributed by atoms with Gasteiger partial charge in [0.25, 0.3) is 5.91 Å². The second kappa shape index (κ2) is 6.89. The van der Waals surface area contributed by atoms with Crippen molar-refractivity contribution >= 4 is 16.8 Å². The lowest BCUT2D eigenvalue weighted by atomic mass is 9.58. The summed E-state index contributed by atoms with van der Waals surface area (Å²) >= 11 is 0. The minimum Gasteiger partial charge on any atom is -0.392 e. The van der Waals surface area contributed by atoms with Gasteiger partial charge in [0.05, 0.1) is 12.2 Å². The predicted octanol–water partition coefficient (Wildman–Crippen LogP) is 3.44. The quantitative estimate of drug-likeness (QED) is 0.855. The van der Waals surface area contributed by atoms with E-state index in [-0.39, 0.29) is 23.5 Å². The number of hydrogen-bond donors (Lipinski definition) is 2. The Balaban J connectivity index is 1.32. The van der Waals surface area contributed by atoms with Crippen molar-refractivity contribution in [3.05, 3.63) is 35.0 Å². The van der Waals surface area contributed by atoms with Crippen molar-refractivity contribution in [1.29, 1.82) is 0 Å². The number of likely N-dealkylation sites (tertiary alicyclic amines) is 1. The van der Waals surface area contributed by atoms with Crippen LogP contribution >= 0.6 is 0 Å². The molecule has 2 atom stereocenters. The number of fused-ring (bicyclic) bond motifs is 3. The number of aromatic amines is 1. The number of rotatable bonds is 3. The van der Waals surface area contributed by atoms with E-state index in [1.54, 1.807) is 0 Å². The van der Waals surface area contributed by atoms with Crippen LogP contribution in [0.4, 0.5) is 0 Å². The SMILES string of the molecule is CCOC1CC(O)C12CCN(C(=O)c1ccc3c4c([nH]c3c1)CCCC4)CC2. The molecule has 1 aromatic carbocycles. The summed E-state index contributed by atoms with van der Waals surface area (Å²) in [5, 5.41) is 11.7. The van der Waals surface area contributed by atoms with E-state index in [2.05, 4.69) is 11.1 Å². The van der Waals surface area contributed by atoms with Gasteiger partial charge in [0.15, 0.2) is 0 Å². The first-order chi connectivity index (χ1) is 13.6. The van der Waals surface area contributed by atoms with E-state index < -0.39 is 0 Å². The van der Waals surface area contributed by atoms with E-state index in [4.69, 9.17) is 4.74 Å². The van der Waals surface area contributed by atoms with Crippen LogP contribution in [-0.4, -0.2) is 52.8 Å². The number of H-pyrrole nitrogens is 1. The highest BCUT2D eigenvalue weighted by Gasteiger charge is 2.56. The van der Waals surface area contributed by atoms with Crippen molar-refractivity contribution in [2.24, 2.45) is 5.41 Å². The van der Waals surface area contributed by atoms with Crippen LogP contribution in [-0.2, 0) is 17.6 Å². The maximum absolute atomic E-state index is 13.1. The fourth-order valence-corrected chi connectivity index (χ4v) is 5.67. The fourth-order valence-electron chi connectivity index (χ4n) is 5.67. The van der Waals surface area contributed by atoms with E-state index in [9.17, 15) is 9.90 Å². The molecule has 28 heavy (non-hydrogen) atoms. The number of benzene rings is 1. The van der Waals surface area contributed by atoms with Gasteiger partial charge in [0.1, 0.15) is 0 Å². The first kappa shape index (κ1) is 18.2. The normalized spacial score (nSPS) is 26.3. The van der Waals surface area contributed by atoms with E-state index in [1.165, 1.54) is 29.5 Å². The molecule has 3 aliphatic rings. The summed E-state index contributed by atoms with van der Waals surface area (Å²) in [6.07, 6.45) is 6.99. The Morgan fingerprint density at radius 3 is 2.82 bits per heavy atom. The van der Waals surface area contributed by atoms with Gasteiger partial charge in [-0.05, 0) is 63.1 Å². The molecule has 2 fully saturated rings. The molecule has 5 heteroatoms. The molecule has 2 N–H and O–H groups in total. The summed E-state index contributed by atoms with van der Waals surface area (Å²) in [4.78, 5) is 18.6. The third kappa shape index (κ3) is 2.71. The monoisotopic (exact) mass is 382 g/mol.